The molecular formula is C11H14ClN3O2S2. The fourth-order valence-corrected chi connectivity index (χ4v) is 5.30. The van der Waals surface area contributed by atoms with Crippen molar-refractivity contribution in [1.29, 1.82) is 0 Å². The van der Waals surface area contributed by atoms with Crippen LogP contribution in [0.15, 0.2) is 16.6 Å². The maximum Gasteiger partial charge on any atom is 0.262 e. The number of imidazole rings is 1. The summed E-state index contributed by atoms with van der Waals surface area (Å²) >= 11 is 7.40. The van der Waals surface area contributed by atoms with Gasteiger partial charge in [-0.25, -0.2) is 13.4 Å². The summed E-state index contributed by atoms with van der Waals surface area (Å²) in [5, 5.41) is 1.98. The van der Waals surface area contributed by atoms with Crippen molar-refractivity contribution in [3.63, 3.8) is 0 Å². The summed E-state index contributed by atoms with van der Waals surface area (Å²) in [6.07, 6.45) is 5.68. The summed E-state index contributed by atoms with van der Waals surface area (Å²) in [6, 6.07) is 0. The fourth-order valence-electron chi connectivity index (χ4n) is 2.37. The molecule has 0 N–H and O–H groups in total. The number of sulfonamides is 1. The summed E-state index contributed by atoms with van der Waals surface area (Å²) in [6.45, 7) is 1.13. The van der Waals surface area contributed by atoms with E-state index in [4.69, 9.17) is 11.6 Å². The minimum Gasteiger partial charge on any atom is -0.279 e. The lowest BCUT2D eigenvalue weighted by atomic mass is 10.2. The molecule has 0 amide bonds. The Bertz CT molecular complexity index is 684. The van der Waals surface area contributed by atoms with Crippen LogP contribution < -0.4 is 0 Å². The first-order valence-corrected chi connectivity index (χ1v) is 8.91. The molecule has 19 heavy (non-hydrogen) atoms. The minimum atomic E-state index is -3.56. The largest absolute Gasteiger partial charge is 0.279 e. The summed E-state index contributed by atoms with van der Waals surface area (Å²) < 4.78 is 28.5. The predicted molar refractivity (Wildman–Crippen MR) is 75.3 cm³/mol. The van der Waals surface area contributed by atoms with E-state index in [9.17, 15) is 8.42 Å². The first kappa shape index (κ1) is 13.4. The highest BCUT2D eigenvalue weighted by Gasteiger charge is 2.31. The number of halogens is 1. The quantitative estimate of drug-likeness (QED) is 0.855. The molecule has 5 nitrogen and oxygen atoms in total. The van der Waals surface area contributed by atoms with Gasteiger partial charge in [-0.2, -0.15) is 4.31 Å². The highest BCUT2D eigenvalue weighted by Crippen LogP contribution is 2.29. The molecule has 1 fully saturated rings. The Morgan fingerprint density at radius 1 is 1.21 bits per heavy atom. The monoisotopic (exact) mass is 319 g/mol. The molecular weight excluding hydrogens is 306 g/mol. The molecule has 1 aliphatic rings. The van der Waals surface area contributed by atoms with Crippen molar-refractivity contribution >= 4 is 37.9 Å². The summed E-state index contributed by atoms with van der Waals surface area (Å²) in [5.74, 6) is 0. The van der Waals surface area contributed by atoms with Gasteiger partial charge < -0.3 is 0 Å². The SMILES string of the molecule is O=S(=O)(c1c(Cl)nc2sccn12)N1CCCCCC1. The van der Waals surface area contributed by atoms with Crippen molar-refractivity contribution in [3.05, 3.63) is 16.7 Å². The Morgan fingerprint density at radius 2 is 1.89 bits per heavy atom. The van der Waals surface area contributed by atoms with Crippen LogP contribution in [0.4, 0.5) is 0 Å². The van der Waals surface area contributed by atoms with Crippen LogP contribution >= 0.6 is 22.9 Å². The third kappa shape index (κ3) is 2.29. The van der Waals surface area contributed by atoms with Gasteiger partial charge in [0, 0.05) is 24.7 Å². The molecule has 2 aromatic rings. The molecule has 0 unspecified atom stereocenters. The highest BCUT2D eigenvalue weighted by molar-refractivity contribution is 7.89. The van der Waals surface area contributed by atoms with Crippen LogP contribution in [0.5, 0.6) is 0 Å². The van der Waals surface area contributed by atoms with Gasteiger partial charge in [0.25, 0.3) is 10.0 Å². The van der Waals surface area contributed by atoms with Crippen molar-refractivity contribution in [3.8, 4) is 0 Å². The van der Waals surface area contributed by atoms with Gasteiger partial charge in [-0.15, -0.1) is 11.3 Å². The van der Waals surface area contributed by atoms with Crippen LogP contribution in [-0.2, 0) is 10.0 Å². The van der Waals surface area contributed by atoms with Crippen molar-refractivity contribution in [2.24, 2.45) is 0 Å². The maximum absolute atomic E-state index is 12.7. The Kier molecular flexibility index (Phi) is 3.55. The van der Waals surface area contributed by atoms with Crippen molar-refractivity contribution < 1.29 is 8.42 Å². The molecule has 0 aliphatic carbocycles. The molecule has 3 heterocycles. The molecule has 104 valence electrons. The van der Waals surface area contributed by atoms with E-state index in [2.05, 4.69) is 4.98 Å². The van der Waals surface area contributed by atoms with E-state index in [1.165, 1.54) is 15.6 Å². The zero-order chi connectivity index (χ0) is 13.5. The van der Waals surface area contributed by atoms with Crippen molar-refractivity contribution in [2.75, 3.05) is 13.1 Å². The van der Waals surface area contributed by atoms with Gasteiger partial charge in [0.2, 0.25) is 0 Å². The standard InChI is InChI=1S/C11H14ClN3O2S2/c12-9-10(15-7-8-18-11(15)13-9)19(16,17)14-5-3-1-2-4-6-14/h7-8H,1-6H2. The lowest BCUT2D eigenvalue weighted by molar-refractivity contribution is 0.421. The molecule has 3 rings (SSSR count). The van der Waals surface area contributed by atoms with Crippen LogP contribution in [0.1, 0.15) is 25.7 Å². The van der Waals surface area contributed by atoms with E-state index in [0.29, 0.717) is 18.1 Å². The Labute approximate surface area is 120 Å². The molecule has 0 spiro atoms. The Balaban J connectivity index is 2.08. The normalized spacial score (nSPS) is 18.8. The van der Waals surface area contributed by atoms with Gasteiger partial charge in [-0.1, -0.05) is 24.4 Å². The van der Waals surface area contributed by atoms with Gasteiger partial charge in [0.1, 0.15) is 0 Å². The summed E-state index contributed by atoms with van der Waals surface area (Å²) in [4.78, 5) is 4.71. The van der Waals surface area contributed by atoms with E-state index >= 15 is 0 Å². The third-order valence-corrected chi connectivity index (χ3v) is 6.38. The van der Waals surface area contributed by atoms with Gasteiger partial charge in [-0.3, -0.25) is 4.40 Å². The number of aromatic nitrogens is 2. The van der Waals surface area contributed by atoms with Crippen molar-refractivity contribution in [2.45, 2.75) is 30.7 Å². The predicted octanol–water partition coefficient (Wildman–Crippen LogP) is 2.61. The van der Waals surface area contributed by atoms with Gasteiger partial charge >= 0.3 is 0 Å². The smallest absolute Gasteiger partial charge is 0.262 e. The molecule has 0 radical (unpaired) electrons. The molecule has 0 aromatic carbocycles. The lowest BCUT2D eigenvalue weighted by Crippen LogP contribution is -2.32. The average Bonchev–Trinajstić information content (AvgIpc) is 2.77. The second-order valence-corrected chi connectivity index (χ2v) is 7.67. The minimum absolute atomic E-state index is 0.0658. The molecule has 1 aliphatic heterocycles. The summed E-state index contributed by atoms with van der Waals surface area (Å²) in [5.41, 5.74) is 0. The van der Waals surface area contributed by atoms with Crippen LogP contribution in [-0.4, -0.2) is 35.2 Å². The molecule has 0 bridgehead atoms. The van der Waals surface area contributed by atoms with Crippen LogP contribution in [0, 0.1) is 0 Å². The number of rotatable bonds is 2. The van der Waals surface area contributed by atoms with Crippen molar-refractivity contribution in [1.82, 2.24) is 13.7 Å². The van der Waals surface area contributed by atoms with E-state index < -0.39 is 10.0 Å². The first-order chi connectivity index (χ1) is 9.10. The Hall–Kier alpha value is -0.630. The molecule has 0 saturated carbocycles. The second-order valence-electron chi connectivity index (χ2n) is 4.58. The highest BCUT2D eigenvalue weighted by atomic mass is 35.5. The molecule has 8 heteroatoms. The van der Waals surface area contributed by atoms with Crippen LogP contribution in [0.3, 0.4) is 0 Å². The fraction of sp³-hybridized carbons (Fsp3) is 0.545. The van der Waals surface area contributed by atoms with Gasteiger partial charge in [0.15, 0.2) is 15.1 Å². The average molecular weight is 320 g/mol. The number of nitrogens with zero attached hydrogens (tertiary/aromatic N) is 3. The van der Waals surface area contributed by atoms with Gasteiger partial charge in [0.05, 0.1) is 0 Å². The first-order valence-electron chi connectivity index (χ1n) is 6.22. The topological polar surface area (TPSA) is 54.7 Å². The Morgan fingerprint density at radius 3 is 2.58 bits per heavy atom. The number of thiazole rings is 1. The van der Waals surface area contributed by atoms with E-state index in [-0.39, 0.29) is 10.2 Å². The van der Waals surface area contributed by atoms with E-state index in [1.54, 1.807) is 16.0 Å². The lowest BCUT2D eigenvalue weighted by Gasteiger charge is -2.19. The zero-order valence-corrected chi connectivity index (χ0v) is 12.6. The number of hydrogen-bond acceptors (Lipinski definition) is 4. The van der Waals surface area contributed by atoms with E-state index in [0.717, 1.165) is 25.7 Å². The number of fused-ring (bicyclic) bond motifs is 1. The molecule has 0 atom stereocenters. The van der Waals surface area contributed by atoms with Crippen LogP contribution in [0.2, 0.25) is 5.15 Å². The van der Waals surface area contributed by atoms with Gasteiger partial charge in [-0.05, 0) is 12.8 Å². The van der Waals surface area contributed by atoms with Crippen LogP contribution in [0.25, 0.3) is 4.96 Å². The summed E-state index contributed by atoms with van der Waals surface area (Å²) in [7, 11) is -3.56. The number of hydrogen-bond donors (Lipinski definition) is 0. The molecule has 1 saturated heterocycles. The maximum atomic E-state index is 12.7. The second kappa shape index (κ2) is 5.05. The third-order valence-electron chi connectivity index (χ3n) is 3.33. The van der Waals surface area contributed by atoms with E-state index in [1.807, 2.05) is 0 Å². The zero-order valence-electron chi connectivity index (χ0n) is 10.2. The molecule has 2 aromatic heterocycles.